The summed E-state index contributed by atoms with van der Waals surface area (Å²) >= 11 is 0. The molecule has 2 aromatic carbocycles. The zero-order chi connectivity index (χ0) is 19.1. The van der Waals surface area contributed by atoms with Gasteiger partial charge < -0.3 is 14.3 Å². The SMILES string of the molecule is O=C(Cc1nc2ccccc2o1)N1CCC(c2nc3ccc(F)cc3[nH]2)CC1. The molecule has 0 spiro atoms. The molecule has 0 bridgehead atoms. The van der Waals surface area contributed by atoms with E-state index in [2.05, 4.69) is 15.0 Å². The van der Waals surface area contributed by atoms with Crippen molar-refractivity contribution in [2.24, 2.45) is 0 Å². The van der Waals surface area contributed by atoms with Crippen LogP contribution in [-0.2, 0) is 11.2 Å². The van der Waals surface area contributed by atoms with Crippen LogP contribution in [0.4, 0.5) is 4.39 Å². The molecule has 6 nitrogen and oxygen atoms in total. The van der Waals surface area contributed by atoms with E-state index in [4.69, 9.17) is 4.42 Å². The van der Waals surface area contributed by atoms with Gasteiger partial charge in [-0.05, 0) is 43.2 Å². The number of likely N-dealkylation sites (tertiary alicyclic amines) is 1. The number of fused-ring (bicyclic) bond motifs is 2. The van der Waals surface area contributed by atoms with Gasteiger partial charge in [0.1, 0.15) is 23.6 Å². The molecule has 2 aromatic heterocycles. The number of carbonyl (C=O) groups excluding carboxylic acids is 1. The Morgan fingerprint density at radius 1 is 1.14 bits per heavy atom. The smallest absolute Gasteiger partial charge is 0.231 e. The summed E-state index contributed by atoms with van der Waals surface area (Å²) in [6.45, 7) is 1.32. The zero-order valence-electron chi connectivity index (χ0n) is 15.2. The summed E-state index contributed by atoms with van der Waals surface area (Å²) in [5.41, 5.74) is 2.95. The Morgan fingerprint density at radius 3 is 2.79 bits per heavy atom. The number of H-pyrrole nitrogens is 1. The molecule has 1 fully saturated rings. The number of carbonyl (C=O) groups is 1. The van der Waals surface area contributed by atoms with Crippen molar-refractivity contribution in [2.75, 3.05) is 13.1 Å². The van der Waals surface area contributed by atoms with E-state index in [0.717, 1.165) is 29.7 Å². The van der Waals surface area contributed by atoms with Crippen LogP contribution >= 0.6 is 0 Å². The third-order valence-corrected chi connectivity index (χ3v) is 5.34. The predicted octanol–water partition coefficient (Wildman–Crippen LogP) is 3.79. The standard InChI is InChI=1S/C21H19FN4O2/c22-14-5-6-15-17(11-14)25-21(24-15)13-7-9-26(10-8-13)20(27)12-19-23-16-3-1-2-4-18(16)28-19/h1-6,11,13H,7-10,12H2,(H,24,25). The number of hydrogen-bond donors (Lipinski definition) is 1. The van der Waals surface area contributed by atoms with Crippen molar-refractivity contribution in [1.29, 1.82) is 0 Å². The lowest BCUT2D eigenvalue weighted by Gasteiger charge is -2.30. The van der Waals surface area contributed by atoms with E-state index < -0.39 is 0 Å². The average Bonchev–Trinajstić information content (AvgIpc) is 3.31. The highest BCUT2D eigenvalue weighted by Crippen LogP contribution is 2.28. The Morgan fingerprint density at radius 2 is 1.96 bits per heavy atom. The molecular formula is C21H19FN4O2. The Kier molecular flexibility index (Phi) is 4.07. The summed E-state index contributed by atoms with van der Waals surface area (Å²) in [6, 6.07) is 12.1. The summed E-state index contributed by atoms with van der Waals surface area (Å²) in [4.78, 5) is 26.7. The number of hydrogen-bond acceptors (Lipinski definition) is 4. The zero-order valence-corrected chi connectivity index (χ0v) is 15.2. The first-order valence-corrected chi connectivity index (χ1v) is 9.43. The van der Waals surface area contributed by atoms with Crippen LogP contribution in [0, 0.1) is 5.82 Å². The lowest BCUT2D eigenvalue weighted by atomic mass is 9.96. The number of nitrogens with one attached hydrogen (secondary N) is 1. The lowest BCUT2D eigenvalue weighted by Crippen LogP contribution is -2.39. The maximum atomic E-state index is 13.4. The number of oxazole rings is 1. The van der Waals surface area contributed by atoms with E-state index in [0.29, 0.717) is 30.1 Å². The van der Waals surface area contributed by atoms with E-state index in [-0.39, 0.29) is 24.1 Å². The van der Waals surface area contributed by atoms with Crippen LogP contribution in [0.1, 0.15) is 30.5 Å². The van der Waals surface area contributed by atoms with Gasteiger partial charge in [0.05, 0.1) is 11.0 Å². The first-order chi connectivity index (χ1) is 13.7. The number of imidazole rings is 1. The second-order valence-corrected chi connectivity index (χ2v) is 7.19. The van der Waals surface area contributed by atoms with Crippen molar-refractivity contribution in [2.45, 2.75) is 25.2 Å². The van der Waals surface area contributed by atoms with E-state index in [1.165, 1.54) is 12.1 Å². The molecule has 142 valence electrons. The number of halogens is 1. The maximum absolute atomic E-state index is 13.4. The fourth-order valence-corrected chi connectivity index (χ4v) is 3.83. The van der Waals surface area contributed by atoms with Crippen LogP contribution in [0.5, 0.6) is 0 Å². The molecule has 0 radical (unpaired) electrons. The first-order valence-electron chi connectivity index (χ1n) is 9.43. The minimum atomic E-state index is -0.276. The largest absolute Gasteiger partial charge is 0.440 e. The molecule has 5 rings (SSSR count). The van der Waals surface area contributed by atoms with Crippen LogP contribution in [0.15, 0.2) is 46.9 Å². The molecule has 28 heavy (non-hydrogen) atoms. The fraction of sp³-hybridized carbons (Fsp3) is 0.286. The minimum absolute atomic E-state index is 0.0247. The van der Waals surface area contributed by atoms with E-state index in [1.807, 2.05) is 29.2 Å². The molecule has 1 aliphatic rings. The van der Waals surface area contributed by atoms with Crippen molar-refractivity contribution in [3.05, 3.63) is 60.0 Å². The van der Waals surface area contributed by atoms with Crippen molar-refractivity contribution in [3.8, 4) is 0 Å². The molecule has 0 saturated carbocycles. The van der Waals surface area contributed by atoms with E-state index in [9.17, 15) is 9.18 Å². The van der Waals surface area contributed by atoms with Gasteiger partial charge in [0.15, 0.2) is 5.58 Å². The molecular weight excluding hydrogens is 359 g/mol. The molecule has 3 heterocycles. The van der Waals surface area contributed by atoms with Crippen LogP contribution in [-0.4, -0.2) is 38.8 Å². The molecule has 1 amide bonds. The second-order valence-electron chi connectivity index (χ2n) is 7.19. The van der Waals surface area contributed by atoms with Crippen molar-refractivity contribution >= 4 is 28.0 Å². The summed E-state index contributed by atoms with van der Waals surface area (Å²) in [7, 11) is 0. The predicted molar refractivity (Wildman–Crippen MR) is 102 cm³/mol. The Hall–Kier alpha value is -3.22. The molecule has 4 aromatic rings. The van der Waals surface area contributed by atoms with Gasteiger partial charge in [-0.25, -0.2) is 14.4 Å². The molecule has 1 aliphatic heterocycles. The summed E-state index contributed by atoms with van der Waals surface area (Å²) < 4.78 is 19.0. The van der Waals surface area contributed by atoms with Gasteiger partial charge in [0, 0.05) is 19.0 Å². The van der Waals surface area contributed by atoms with Gasteiger partial charge in [-0.15, -0.1) is 0 Å². The number of nitrogens with zero attached hydrogens (tertiary/aromatic N) is 3. The molecule has 7 heteroatoms. The van der Waals surface area contributed by atoms with Gasteiger partial charge in [-0.3, -0.25) is 4.79 Å². The fourth-order valence-electron chi connectivity index (χ4n) is 3.83. The van der Waals surface area contributed by atoms with Gasteiger partial charge in [-0.2, -0.15) is 0 Å². The van der Waals surface area contributed by atoms with Gasteiger partial charge in [0.2, 0.25) is 11.8 Å². The average molecular weight is 378 g/mol. The number of amides is 1. The monoisotopic (exact) mass is 378 g/mol. The minimum Gasteiger partial charge on any atom is -0.440 e. The Balaban J connectivity index is 1.23. The number of aromatic nitrogens is 3. The number of piperidine rings is 1. The van der Waals surface area contributed by atoms with Crippen molar-refractivity contribution in [1.82, 2.24) is 19.9 Å². The molecule has 1 N–H and O–H groups in total. The highest BCUT2D eigenvalue weighted by Gasteiger charge is 2.26. The van der Waals surface area contributed by atoms with Crippen LogP contribution in [0.3, 0.4) is 0 Å². The summed E-state index contributed by atoms with van der Waals surface area (Å²) in [5.74, 6) is 1.31. The number of para-hydroxylation sites is 2. The van der Waals surface area contributed by atoms with Crippen LogP contribution < -0.4 is 0 Å². The molecule has 0 aliphatic carbocycles. The Bertz CT molecular complexity index is 1120. The quantitative estimate of drug-likeness (QED) is 0.589. The number of aromatic amines is 1. The normalized spacial score (nSPS) is 15.5. The van der Waals surface area contributed by atoms with Crippen molar-refractivity contribution < 1.29 is 13.6 Å². The van der Waals surface area contributed by atoms with Crippen LogP contribution in [0.2, 0.25) is 0 Å². The summed E-state index contributed by atoms with van der Waals surface area (Å²) in [5, 5.41) is 0. The van der Waals surface area contributed by atoms with Gasteiger partial charge in [-0.1, -0.05) is 12.1 Å². The lowest BCUT2D eigenvalue weighted by molar-refractivity contribution is -0.131. The Labute approximate surface area is 160 Å². The second kappa shape index (κ2) is 6.74. The molecule has 1 saturated heterocycles. The maximum Gasteiger partial charge on any atom is 0.231 e. The van der Waals surface area contributed by atoms with Gasteiger partial charge in [0.25, 0.3) is 0 Å². The van der Waals surface area contributed by atoms with Crippen LogP contribution in [0.25, 0.3) is 22.1 Å². The topological polar surface area (TPSA) is 75.0 Å². The number of rotatable bonds is 3. The summed E-state index contributed by atoms with van der Waals surface area (Å²) in [6.07, 6.45) is 1.81. The highest BCUT2D eigenvalue weighted by atomic mass is 19.1. The first kappa shape index (κ1) is 16.9. The molecule has 0 atom stereocenters. The molecule has 0 unspecified atom stereocenters. The third kappa shape index (κ3) is 3.13. The number of benzene rings is 2. The van der Waals surface area contributed by atoms with Gasteiger partial charge >= 0.3 is 0 Å². The van der Waals surface area contributed by atoms with Crippen molar-refractivity contribution in [3.63, 3.8) is 0 Å². The third-order valence-electron chi connectivity index (χ3n) is 5.34. The van der Waals surface area contributed by atoms with E-state index in [1.54, 1.807) is 6.07 Å². The van der Waals surface area contributed by atoms with E-state index >= 15 is 0 Å². The highest BCUT2D eigenvalue weighted by molar-refractivity contribution is 5.79.